The molecule has 8 nitrogen and oxygen atoms in total. The summed E-state index contributed by atoms with van der Waals surface area (Å²) >= 11 is 1.47. The fraction of sp³-hybridized carbons (Fsp3) is 0.458. The van der Waals surface area contributed by atoms with Crippen LogP contribution in [-0.2, 0) is 27.5 Å². The Morgan fingerprint density at radius 2 is 1.79 bits per heavy atom. The first-order valence-corrected chi connectivity index (χ1v) is 12.4. The highest BCUT2D eigenvalue weighted by Gasteiger charge is 2.38. The van der Waals surface area contributed by atoms with Gasteiger partial charge in [-0.25, -0.2) is 4.39 Å². The van der Waals surface area contributed by atoms with E-state index in [9.17, 15) is 18.8 Å². The zero-order valence-corrected chi connectivity index (χ0v) is 19.9. The molecule has 3 heterocycles. The summed E-state index contributed by atoms with van der Waals surface area (Å²) in [5.41, 5.74) is 0.385. The number of carbonyl (C=O) groups is 3. The van der Waals surface area contributed by atoms with Crippen molar-refractivity contribution < 1.29 is 27.9 Å². The maximum absolute atomic E-state index is 13.3. The second kappa shape index (κ2) is 11.1. The number of nitrogens with zero attached hydrogens (tertiary/aromatic N) is 3. The van der Waals surface area contributed by atoms with Crippen LogP contribution in [-0.4, -0.2) is 76.3 Å². The van der Waals surface area contributed by atoms with Crippen LogP contribution in [0.3, 0.4) is 0 Å². The third-order valence-corrected chi connectivity index (χ3v) is 7.06. The predicted molar refractivity (Wildman–Crippen MR) is 124 cm³/mol. The van der Waals surface area contributed by atoms with Crippen molar-refractivity contribution in [2.45, 2.75) is 31.9 Å². The largest absolute Gasteiger partial charge is 0.461 e. The molecular weight excluding hydrogens is 461 g/mol. The molecule has 0 saturated carbocycles. The maximum Gasteiger partial charge on any atom is 0.303 e. The van der Waals surface area contributed by atoms with Crippen molar-refractivity contribution in [3.8, 4) is 0 Å². The summed E-state index contributed by atoms with van der Waals surface area (Å²) in [6.07, 6.45) is 0.816. The molecule has 1 unspecified atom stereocenters. The van der Waals surface area contributed by atoms with Crippen LogP contribution in [0.5, 0.6) is 0 Å². The lowest BCUT2D eigenvalue weighted by molar-refractivity contribution is -0.142. The number of halogens is 1. The van der Waals surface area contributed by atoms with Crippen LogP contribution in [0.25, 0.3) is 0 Å². The molecule has 1 atom stereocenters. The van der Waals surface area contributed by atoms with Crippen LogP contribution in [0.4, 0.5) is 4.39 Å². The minimum atomic E-state index is -0.557. The normalized spacial score (nSPS) is 19.2. The van der Waals surface area contributed by atoms with E-state index in [2.05, 4.69) is 4.90 Å². The van der Waals surface area contributed by atoms with Crippen molar-refractivity contribution in [2.24, 2.45) is 0 Å². The van der Waals surface area contributed by atoms with Crippen molar-refractivity contribution in [1.82, 2.24) is 14.7 Å². The van der Waals surface area contributed by atoms with Crippen molar-refractivity contribution in [3.05, 3.63) is 59.3 Å². The zero-order chi connectivity index (χ0) is 24.1. The van der Waals surface area contributed by atoms with Crippen LogP contribution in [0.15, 0.2) is 40.8 Å². The molecule has 2 aliphatic heterocycles. The number of esters is 1. The van der Waals surface area contributed by atoms with Crippen LogP contribution < -0.4 is 0 Å². The van der Waals surface area contributed by atoms with Gasteiger partial charge in [-0.3, -0.25) is 19.3 Å². The predicted octanol–water partition coefficient (Wildman–Crippen LogP) is 2.73. The minimum absolute atomic E-state index is 0.0542. The molecule has 4 rings (SSSR count). The van der Waals surface area contributed by atoms with Crippen molar-refractivity contribution in [1.29, 1.82) is 0 Å². The summed E-state index contributed by atoms with van der Waals surface area (Å²) < 4.78 is 23.9. The Morgan fingerprint density at radius 3 is 2.56 bits per heavy atom. The molecule has 1 aromatic heterocycles. The molecule has 2 amide bonds. The van der Waals surface area contributed by atoms with Gasteiger partial charge < -0.3 is 19.0 Å². The Bertz CT molecular complexity index is 1030. The summed E-state index contributed by atoms with van der Waals surface area (Å²) in [7, 11) is 0. The summed E-state index contributed by atoms with van der Waals surface area (Å²) in [6.45, 7) is 5.27. The molecule has 2 aliphatic rings. The average molecular weight is 490 g/mol. The molecule has 2 aromatic rings. The quantitative estimate of drug-likeness (QED) is 0.577. The number of ether oxygens (including phenoxy) is 1. The Hall–Kier alpha value is -2.85. The monoisotopic (exact) mass is 489 g/mol. The molecule has 0 radical (unpaired) electrons. The molecule has 2 saturated heterocycles. The smallest absolute Gasteiger partial charge is 0.303 e. The third kappa shape index (κ3) is 5.98. The van der Waals surface area contributed by atoms with Crippen LogP contribution in [0.2, 0.25) is 0 Å². The van der Waals surface area contributed by atoms with Gasteiger partial charge in [0.2, 0.25) is 0 Å². The van der Waals surface area contributed by atoms with Crippen molar-refractivity contribution in [2.75, 3.05) is 38.5 Å². The lowest BCUT2D eigenvalue weighted by atomic mass is 10.2. The Kier molecular flexibility index (Phi) is 7.89. The number of thioether (sulfide) groups is 1. The van der Waals surface area contributed by atoms with Crippen molar-refractivity contribution in [3.63, 3.8) is 0 Å². The van der Waals surface area contributed by atoms with Gasteiger partial charge in [0.15, 0.2) is 5.37 Å². The third-order valence-electron chi connectivity index (χ3n) is 5.87. The van der Waals surface area contributed by atoms with E-state index in [0.29, 0.717) is 49.8 Å². The highest BCUT2D eigenvalue weighted by atomic mass is 32.2. The minimum Gasteiger partial charge on any atom is -0.461 e. The van der Waals surface area contributed by atoms with Crippen LogP contribution in [0.1, 0.15) is 35.2 Å². The summed E-state index contributed by atoms with van der Waals surface area (Å²) in [5, 5.41) is -0.557. The topological polar surface area (TPSA) is 83.3 Å². The Balaban J connectivity index is 1.32. The molecule has 1 aromatic carbocycles. The number of benzene rings is 1. The van der Waals surface area contributed by atoms with E-state index in [4.69, 9.17) is 9.15 Å². The molecule has 10 heteroatoms. The van der Waals surface area contributed by atoms with E-state index in [1.165, 1.54) is 43.0 Å². The van der Waals surface area contributed by atoms with Gasteiger partial charge in [0.05, 0.1) is 6.54 Å². The fourth-order valence-corrected chi connectivity index (χ4v) is 5.32. The lowest BCUT2D eigenvalue weighted by Gasteiger charge is -2.29. The molecule has 0 spiro atoms. The maximum atomic E-state index is 13.3. The first-order valence-electron chi connectivity index (χ1n) is 11.3. The van der Waals surface area contributed by atoms with E-state index >= 15 is 0 Å². The second-order valence-electron chi connectivity index (χ2n) is 8.33. The van der Waals surface area contributed by atoms with Crippen molar-refractivity contribution >= 4 is 29.5 Å². The lowest BCUT2D eigenvalue weighted by Crippen LogP contribution is -2.47. The summed E-state index contributed by atoms with van der Waals surface area (Å²) in [6, 6.07) is 9.11. The second-order valence-corrected chi connectivity index (χ2v) is 9.52. The van der Waals surface area contributed by atoms with Gasteiger partial charge in [0.1, 0.15) is 23.9 Å². The first-order chi connectivity index (χ1) is 16.4. The molecule has 34 heavy (non-hydrogen) atoms. The van der Waals surface area contributed by atoms with Crippen LogP contribution in [0, 0.1) is 5.82 Å². The van der Waals surface area contributed by atoms with E-state index in [1.54, 1.807) is 11.0 Å². The van der Waals surface area contributed by atoms with Gasteiger partial charge in [0, 0.05) is 51.0 Å². The Morgan fingerprint density at radius 1 is 1.03 bits per heavy atom. The number of amides is 2. The number of hydrogen-bond acceptors (Lipinski definition) is 7. The van der Waals surface area contributed by atoms with E-state index in [-0.39, 0.29) is 24.4 Å². The number of furan rings is 1. The van der Waals surface area contributed by atoms with Gasteiger partial charge in [-0.05, 0) is 42.8 Å². The molecule has 0 aliphatic carbocycles. The number of carbonyl (C=O) groups excluding carboxylic acids is 3. The molecular formula is C24H28FN3O5S. The highest BCUT2D eigenvalue weighted by Crippen LogP contribution is 2.28. The van der Waals surface area contributed by atoms with Gasteiger partial charge in [-0.15, -0.1) is 11.8 Å². The molecule has 0 bridgehead atoms. The highest BCUT2D eigenvalue weighted by molar-refractivity contribution is 8.00. The van der Waals surface area contributed by atoms with Gasteiger partial charge >= 0.3 is 5.97 Å². The van der Waals surface area contributed by atoms with Crippen LogP contribution >= 0.6 is 11.8 Å². The average Bonchev–Trinajstić information content (AvgIpc) is 3.43. The zero-order valence-electron chi connectivity index (χ0n) is 19.1. The van der Waals surface area contributed by atoms with Gasteiger partial charge in [0.25, 0.3) is 11.8 Å². The summed E-state index contributed by atoms with van der Waals surface area (Å²) in [4.78, 5) is 42.9. The Labute approximate surface area is 202 Å². The van der Waals surface area contributed by atoms with E-state index in [0.717, 1.165) is 18.7 Å². The fourth-order valence-electron chi connectivity index (χ4n) is 4.12. The number of rotatable bonds is 6. The summed E-state index contributed by atoms with van der Waals surface area (Å²) in [5.74, 6) is 1.02. The van der Waals surface area contributed by atoms with Gasteiger partial charge in [-0.2, -0.15) is 0 Å². The van der Waals surface area contributed by atoms with Gasteiger partial charge in [-0.1, -0.05) is 0 Å². The SMILES string of the molecule is CC(=O)OCc1ccc(CN2CCCN(C(=O)C3SCCN3C(=O)c3ccc(F)cc3)CC2)o1. The molecule has 2 fully saturated rings. The first kappa shape index (κ1) is 24.3. The number of hydrogen-bond donors (Lipinski definition) is 0. The standard InChI is InChI=1S/C24H28FN3O5S/c1-17(29)32-16-21-8-7-20(33-21)15-26-9-2-10-27(12-11-26)23(31)24-28(13-14-34-24)22(30)18-3-5-19(25)6-4-18/h3-8,24H,2,9-16H2,1H3. The van der Waals surface area contributed by atoms with E-state index < -0.39 is 11.2 Å². The van der Waals surface area contributed by atoms with E-state index in [1.807, 2.05) is 11.0 Å². The molecule has 182 valence electrons. The molecule has 0 N–H and O–H groups in total.